The van der Waals surface area contributed by atoms with Gasteiger partial charge in [-0.05, 0) is 33.8 Å². The second-order valence-electron chi connectivity index (χ2n) is 5.43. The summed E-state index contributed by atoms with van der Waals surface area (Å²) in [5, 5.41) is 12.3. The molecule has 102 valence electrons. The van der Waals surface area contributed by atoms with E-state index in [1.54, 1.807) is 0 Å². The van der Waals surface area contributed by atoms with Gasteiger partial charge >= 0.3 is 0 Å². The molecule has 1 aromatic rings. The molecule has 0 bridgehead atoms. The summed E-state index contributed by atoms with van der Waals surface area (Å²) in [5.41, 5.74) is 6.84. The number of rotatable bonds is 4. The molecule has 0 radical (unpaired) electrons. The molecule has 0 heterocycles. The molecular weight excluding hydrogens is 299 g/mol. The van der Waals surface area contributed by atoms with Crippen molar-refractivity contribution in [2.45, 2.75) is 33.2 Å². The lowest BCUT2D eigenvalue weighted by atomic mass is 9.84. The van der Waals surface area contributed by atoms with Gasteiger partial charge in [0.1, 0.15) is 5.82 Å². The molecule has 1 atom stereocenters. The van der Waals surface area contributed by atoms with Gasteiger partial charge in [-0.15, -0.1) is 0 Å². The summed E-state index contributed by atoms with van der Waals surface area (Å²) in [4.78, 5) is 0. The highest BCUT2D eigenvalue weighted by Crippen LogP contribution is 2.31. The number of nitrogen functional groups attached to an aromatic ring is 1. The Kier molecular flexibility index (Phi) is 4.99. The van der Waals surface area contributed by atoms with Gasteiger partial charge in [-0.2, -0.15) is 0 Å². The molecule has 4 N–H and O–H groups in total. The monoisotopic (exact) mass is 318 g/mol. The zero-order valence-corrected chi connectivity index (χ0v) is 12.5. The Morgan fingerprint density at radius 3 is 2.56 bits per heavy atom. The SMILES string of the molecule is CC(C)(C)C(CCO)Nc1cc(F)c(Br)cc1N. The maximum atomic E-state index is 13.5. The standard InChI is InChI=1S/C13H20BrFN2O/c1-13(2,3)12(4-5-18)17-11-7-9(15)8(14)6-10(11)16/h6-7,12,17-18H,4-5,16H2,1-3H3. The molecule has 0 amide bonds. The lowest BCUT2D eigenvalue weighted by molar-refractivity contribution is 0.235. The van der Waals surface area contributed by atoms with Crippen molar-refractivity contribution >= 4 is 27.3 Å². The predicted molar refractivity (Wildman–Crippen MR) is 77.1 cm³/mol. The second-order valence-corrected chi connectivity index (χ2v) is 6.28. The van der Waals surface area contributed by atoms with Crippen molar-refractivity contribution in [3.8, 4) is 0 Å². The number of hydrogen-bond donors (Lipinski definition) is 3. The van der Waals surface area contributed by atoms with Crippen molar-refractivity contribution in [3.63, 3.8) is 0 Å². The summed E-state index contributed by atoms with van der Waals surface area (Å²) in [6.07, 6.45) is 0.584. The van der Waals surface area contributed by atoms with Crippen LogP contribution in [0.4, 0.5) is 15.8 Å². The highest BCUT2D eigenvalue weighted by Gasteiger charge is 2.24. The molecular formula is C13H20BrFN2O. The van der Waals surface area contributed by atoms with Gasteiger partial charge in [0.25, 0.3) is 0 Å². The number of halogens is 2. The van der Waals surface area contributed by atoms with Gasteiger partial charge < -0.3 is 16.2 Å². The van der Waals surface area contributed by atoms with E-state index in [0.29, 0.717) is 22.3 Å². The molecule has 0 aliphatic rings. The van der Waals surface area contributed by atoms with Crippen LogP contribution in [-0.4, -0.2) is 17.8 Å². The van der Waals surface area contributed by atoms with E-state index >= 15 is 0 Å². The third kappa shape index (κ3) is 3.85. The van der Waals surface area contributed by atoms with Crippen LogP contribution >= 0.6 is 15.9 Å². The van der Waals surface area contributed by atoms with E-state index < -0.39 is 0 Å². The van der Waals surface area contributed by atoms with Crippen LogP contribution in [0.3, 0.4) is 0 Å². The Bertz CT molecular complexity index is 418. The molecule has 1 aromatic carbocycles. The zero-order valence-electron chi connectivity index (χ0n) is 10.9. The largest absolute Gasteiger partial charge is 0.397 e. The highest BCUT2D eigenvalue weighted by molar-refractivity contribution is 9.10. The fourth-order valence-corrected chi connectivity index (χ4v) is 2.09. The zero-order chi connectivity index (χ0) is 13.9. The van der Waals surface area contributed by atoms with E-state index in [9.17, 15) is 4.39 Å². The van der Waals surface area contributed by atoms with Gasteiger partial charge in [0, 0.05) is 18.7 Å². The van der Waals surface area contributed by atoms with Crippen LogP contribution in [-0.2, 0) is 0 Å². The van der Waals surface area contributed by atoms with Crippen LogP contribution < -0.4 is 11.1 Å². The Balaban J connectivity index is 2.97. The molecule has 18 heavy (non-hydrogen) atoms. The maximum Gasteiger partial charge on any atom is 0.139 e. The molecule has 1 rings (SSSR count). The van der Waals surface area contributed by atoms with Gasteiger partial charge in [0.2, 0.25) is 0 Å². The number of aliphatic hydroxyl groups is 1. The summed E-state index contributed by atoms with van der Waals surface area (Å²) in [6, 6.07) is 2.93. The Hall–Kier alpha value is -0.810. The molecule has 0 saturated heterocycles. The molecule has 0 aliphatic carbocycles. The summed E-state index contributed by atoms with van der Waals surface area (Å²) in [7, 11) is 0. The summed E-state index contributed by atoms with van der Waals surface area (Å²) < 4.78 is 13.8. The van der Waals surface area contributed by atoms with E-state index in [1.165, 1.54) is 12.1 Å². The lowest BCUT2D eigenvalue weighted by Gasteiger charge is -2.32. The first kappa shape index (κ1) is 15.2. The van der Waals surface area contributed by atoms with Crippen LogP contribution in [0.5, 0.6) is 0 Å². The van der Waals surface area contributed by atoms with Crippen molar-refractivity contribution in [1.82, 2.24) is 0 Å². The number of nitrogens with one attached hydrogen (secondary N) is 1. The van der Waals surface area contributed by atoms with Crippen LogP contribution in [0.2, 0.25) is 0 Å². The maximum absolute atomic E-state index is 13.5. The number of nitrogens with two attached hydrogens (primary N) is 1. The van der Waals surface area contributed by atoms with Crippen LogP contribution in [0.1, 0.15) is 27.2 Å². The first-order valence-electron chi connectivity index (χ1n) is 5.87. The van der Waals surface area contributed by atoms with Crippen LogP contribution in [0.15, 0.2) is 16.6 Å². The van der Waals surface area contributed by atoms with Gasteiger partial charge in [-0.1, -0.05) is 20.8 Å². The van der Waals surface area contributed by atoms with Crippen molar-refractivity contribution in [2.75, 3.05) is 17.7 Å². The molecule has 3 nitrogen and oxygen atoms in total. The van der Waals surface area contributed by atoms with E-state index in [0.717, 1.165) is 0 Å². The fourth-order valence-electron chi connectivity index (χ4n) is 1.73. The molecule has 0 saturated carbocycles. The number of benzene rings is 1. The Morgan fingerprint density at radius 2 is 2.06 bits per heavy atom. The molecule has 0 aromatic heterocycles. The van der Waals surface area contributed by atoms with E-state index in [-0.39, 0.29) is 23.9 Å². The number of anilines is 2. The van der Waals surface area contributed by atoms with Gasteiger partial charge in [-0.3, -0.25) is 0 Å². The summed E-state index contributed by atoms with van der Waals surface area (Å²) in [6.45, 7) is 6.26. The summed E-state index contributed by atoms with van der Waals surface area (Å²) >= 11 is 3.09. The summed E-state index contributed by atoms with van der Waals surface area (Å²) in [5.74, 6) is -0.358. The van der Waals surface area contributed by atoms with E-state index in [1.807, 2.05) is 0 Å². The predicted octanol–water partition coefficient (Wildman–Crippen LogP) is 3.38. The minimum Gasteiger partial charge on any atom is -0.397 e. The van der Waals surface area contributed by atoms with Crippen molar-refractivity contribution in [2.24, 2.45) is 5.41 Å². The third-order valence-electron chi connectivity index (χ3n) is 2.89. The lowest BCUT2D eigenvalue weighted by Crippen LogP contribution is -2.35. The molecule has 1 unspecified atom stereocenters. The van der Waals surface area contributed by atoms with Crippen molar-refractivity contribution < 1.29 is 9.50 Å². The third-order valence-corrected chi connectivity index (χ3v) is 3.49. The minimum atomic E-state index is -0.358. The Labute approximate surface area is 116 Å². The van der Waals surface area contributed by atoms with Crippen molar-refractivity contribution in [3.05, 3.63) is 22.4 Å². The average Bonchev–Trinajstić information content (AvgIpc) is 2.23. The van der Waals surface area contributed by atoms with Crippen LogP contribution in [0, 0.1) is 11.2 Å². The quantitative estimate of drug-likeness (QED) is 0.746. The van der Waals surface area contributed by atoms with Gasteiger partial charge in [0.15, 0.2) is 0 Å². The average molecular weight is 319 g/mol. The van der Waals surface area contributed by atoms with E-state index in [4.69, 9.17) is 10.8 Å². The first-order valence-corrected chi connectivity index (χ1v) is 6.67. The van der Waals surface area contributed by atoms with Crippen molar-refractivity contribution in [1.29, 1.82) is 0 Å². The smallest absolute Gasteiger partial charge is 0.139 e. The Morgan fingerprint density at radius 1 is 1.44 bits per heavy atom. The second kappa shape index (κ2) is 5.89. The van der Waals surface area contributed by atoms with E-state index in [2.05, 4.69) is 42.0 Å². The number of aliphatic hydroxyl groups excluding tert-OH is 1. The minimum absolute atomic E-state index is 0.0189. The normalized spacial score (nSPS) is 13.4. The molecule has 0 fully saturated rings. The fraction of sp³-hybridized carbons (Fsp3) is 0.538. The first-order chi connectivity index (χ1) is 8.25. The number of hydrogen-bond acceptors (Lipinski definition) is 3. The van der Waals surface area contributed by atoms with Crippen LogP contribution in [0.25, 0.3) is 0 Å². The molecule has 5 heteroatoms. The molecule has 0 aliphatic heterocycles. The molecule has 0 spiro atoms. The highest BCUT2D eigenvalue weighted by atomic mass is 79.9. The van der Waals surface area contributed by atoms with Gasteiger partial charge in [-0.25, -0.2) is 4.39 Å². The topological polar surface area (TPSA) is 58.3 Å². The van der Waals surface area contributed by atoms with Gasteiger partial charge in [0.05, 0.1) is 15.8 Å².